The van der Waals surface area contributed by atoms with Crippen molar-refractivity contribution >= 4 is 40.5 Å². The summed E-state index contributed by atoms with van der Waals surface area (Å²) in [5.74, 6) is -0.267. The third kappa shape index (κ3) is 4.27. The van der Waals surface area contributed by atoms with Gasteiger partial charge >= 0.3 is 0 Å². The molecule has 0 radical (unpaired) electrons. The van der Waals surface area contributed by atoms with Crippen molar-refractivity contribution in [3.63, 3.8) is 0 Å². The van der Waals surface area contributed by atoms with Crippen LogP contribution >= 0.6 is 23.2 Å². The molecule has 4 nitrogen and oxygen atoms in total. The number of halogens is 2. The van der Waals surface area contributed by atoms with Gasteiger partial charge in [0.2, 0.25) is 0 Å². The first-order valence-corrected chi connectivity index (χ1v) is 9.17. The van der Waals surface area contributed by atoms with E-state index in [1.807, 2.05) is 24.3 Å². The molecule has 3 rings (SSSR count). The molecule has 25 heavy (non-hydrogen) atoms. The molecule has 1 amide bonds. The zero-order valence-corrected chi connectivity index (χ0v) is 15.6. The van der Waals surface area contributed by atoms with E-state index >= 15 is 0 Å². The number of rotatable bonds is 4. The van der Waals surface area contributed by atoms with Crippen molar-refractivity contribution in [2.45, 2.75) is 6.92 Å². The normalized spacial score (nSPS) is 15.2. The second kappa shape index (κ2) is 8.09. The molecule has 1 aliphatic rings. The molecule has 1 saturated heterocycles. The van der Waals surface area contributed by atoms with Crippen molar-refractivity contribution in [3.8, 4) is 0 Å². The number of nitrogens with one attached hydrogen (secondary N) is 1. The smallest absolute Gasteiger partial charge is 0.257 e. The second-order valence-corrected chi connectivity index (χ2v) is 6.81. The van der Waals surface area contributed by atoms with Gasteiger partial charge in [-0.1, -0.05) is 36.2 Å². The molecule has 0 aliphatic carbocycles. The molecule has 1 heterocycles. The Balaban J connectivity index is 1.65. The Morgan fingerprint density at radius 2 is 1.72 bits per heavy atom. The predicted octanol–water partition coefficient (Wildman–Crippen LogP) is 4.39. The summed E-state index contributed by atoms with van der Waals surface area (Å²) in [6, 6.07) is 12.9. The maximum absolute atomic E-state index is 12.4. The van der Waals surface area contributed by atoms with Gasteiger partial charge in [-0.25, -0.2) is 0 Å². The largest absolute Gasteiger partial charge is 0.369 e. The average Bonchev–Trinajstić information content (AvgIpc) is 2.64. The number of anilines is 2. The van der Waals surface area contributed by atoms with E-state index in [1.54, 1.807) is 18.2 Å². The molecule has 0 unspecified atom stereocenters. The van der Waals surface area contributed by atoms with Crippen molar-refractivity contribution < 1.29 is 4.79 Å². The Kier molecular flexibility index (Phi) is 5.84. The van der Waals surface area contributed by atoms with Gasteiger partial charge in [-0.15, -0.1) is 0 Å². The van der Waals surface area contributed by atoms with Crippen LogP contribution < -0.4 is 10.2 Å². The summed E-state index contributed by atoms with van der Waals surface area (Å²) in [4.78, 5) is 17.2. The fourth-order valence-electron chi connectivity index (χ4n) is 2.96. The standard InChI is InChI=1S/C19H21Cl2N3O/c1-2-23-10-12-24(13-11-23)15-8-6-14(7-9-15)22-19(25)16-4-3-5-17(20)18(16)21/h3-9H,2,10-13H2,1H3,(H,22,25). The van der Waals surface area contributed by atoms with Crippen LogP contribution in [0.5, 0.6) is 0 Å². The summed E-state index contributed by atoms with van der Waals surface area (Å²) in [7, 11) is 0. The minimum absolute atomic E-state index is 0.267. The molecular formula is C19H21Cl2N3O. The molecule has 0 saturated carbocycles. The van der Waals surface area contributed by atoms with Crippen LogP contribution in [0.3, 0.4) is 0 Å². The summed E-state index contributed by atoms with van der Waals surface area (Å²) < 4.78 is 0. The molecule has 1 N–H and O–H groups in total. The van der Waals surface area contributed by atoms with Gasteiger partial charge in [0, 0.05) is 37.6 Å². The molecule has 2 aromatic rings. The highest BCUT2D eigenvalue weighted by Crippen LogP contribution is 2.26. The fraction of sp³-hybridized carbons (Fsp3) is 0.316. The van der Waals surface area contributed by atoms with Gasteiger partial charge in [-0.3, -0.25) is 4.79 Å². The van der Waals surface area contributed by atoms with E-state index in [4.69, 9.17) is 23.2 Å². The Morgan fingerprint density at radius 3 is 2.36 bits per heavy atom. The van der Waals surface area contributed by atoms with Crippen LogP contribution in [0.15, 0.2) is 42.5 Å². The van der Waals surface area contributed by atoms with E-state index < -0.39 is 0 Å². The Morgan fingerprint density at radius 1 is 1.04 bits per heavy atom. The zero-order chi connectivity index (χ0) is 17.8. The van der Waals surface area contributed by atoms with Gasteiger partial charge in [0.05, 0.1) is 15.6 Å². The zero-order valence-electron chi connectivity index (χ0n) is 14.1. The summed E-state index contributed by atoms with van der Waals surface area (Å²) in [6.45, 7) is 7.52. The van der Waals surface area contributed by atoms with E-state index in [0.717, 1.165) is 38.4 Å². The number of hydrogen-bond acceptors (Lipinski definition) is 3. The monoisotopic (exact) mass is 377 g/mol. The SMILES string of the molecule is CCN1CCN(c2ccc(NC(=O)c3cccc(Cl)c3Cl)cc2)CC1. The van der Waals surface area contributed by atoms with Crippen LogP contribution in [0.25, 0.3) is 0 Å². The number of likely N-dealkylation sites (N-methyl/N-ethyl adjacent to an activating group) is 1. The lowest BCUT2D eigenvalue weighted by molar-refractivity contribution is 0.102. The topological polar surface area (TPSA) is 35.6 Å². The summed E-state index contributed by atoms with van der Waals surface area (Å²) in [5, 5.41) is 3.51. The molecule has 132 valence electrons. The number of carbonyl (C=O) groups excluding carboxylic acids is 1. The molecule has 0 atom stereocenters. The first kappa shape index (κ1) is 18.1. The molecule has 1 aliphatic heterocycles. The molecule has 0 bridgehead atoms. The lowest BCUT2D eigenvalue weighted by Gasteiger charge is -2.35. The van der Waals surface area contributed by atoms with Crippen molar-refractivity contribution in [2.75, 3.05) is 42.9 Å². The Hall–Kier alpha value is -1.75. The number of piperazine rings is 1. The summed E-state index contributed by atoms with van der Waals surface area (Å²) >= 11 is 12.1. The quantitative estimate of drug-likeness (QED) is 0.857. The van der Waals surface area contributed by atoms with Gasteiger partial charge in [-0.05, 0) is 42.9 Å². The van der Waals surface area contributed by atoms with E-state index in [9.17, 15) is 4.79 Å². The lowest BCUT2D eigenvalue weighted by atomic mass is 10.2. The maximum Gasteiger partial charge on any atom is 0.257 e. The minimum atomic E-state index is -0.267. The maximum atomic E-state index is 12.4. The molecule has 6 heteroatoms. The number of benzene rings is 2. The van der Waals surface area contributed by atoms with Gasteiger partial charge in [0.15, 0.2) is 0 Å². The highest BCUT2D eigenvalue weighted by atomic mass is 35.5. The fourth-order valence-corrected chi connectivity index (χ4v) is 3.34. The van der Waals surface area contributed by atoms with Crippen LogP contribution in [0.1, 0.15) is 17.3 Å². The van der Waals surface area contributed by atoms with Crippen LogP contribution in [0.2, 0.25) is 10.0 Å². The highest BCUT2D eigenvalue weighted by Gasteiger charge is 2.16. The molecular weight excluding hydrogens is 357 g/mol. The van der Waals surface area contributed by atoms with E-state index in [2.05, 4.69) is 22.0 Å². The number of nitrogens with zero attached hydrogens (tertiary/aromatic N) is 2. The van der Waals surface area contributed by atoms with Crippen molar-refractivity contribution in [2.24, 2.45) is 0 Å². The van der Waals surface area contributed by atoms with Gasteiger partial charge in [0.25, 0.3) is 5.91 Å². The van der Waals surface area contributed by atoms with Crippen molar-refractivity contribution in [1.82, 2.24) is 4.90 Å². The molecule has 2 aromatic carbocycles. The minimum Gasteiger partial charge on any atom is -0.369 e. The summed E-state index contributed by atoms with van der Waals surface area (Å²) in [6.07, 6.45) is 0. The lowest BCUT2D eigenvalue weighted by Crippen LogP contribution is -2.46. The van der Waals surface area contributed by atoms with Crippen molar-refractivity contribution in [1.29, 1.82) is 0 Å². The molecule has 0 aromatic heterocycles. The second-order valence-electron chi connectivity index (χ2n) is 6.02. The first-order valence-electron chi connectivity index (χ1n) is 8.41. The molecule has 1 fully saturated rings. The average molecular weight is 378 g/mol. The van der Waals surface area contributed by atoms with Crippen molar-refractivity contribution in [3.05, 3.63) is 58.1 Å². The van der Waals surface area contributed by atoms with Gasteiger partial charge in [0.1, 0.15) is 0 Å². The predicted molar refractivity (Wildman–Crippen MR) is 105 cm³/mol. The van der Waals surface area contributed by atoms with E-state index in [1.165, 1.54) is 5.69 Å². The van der Waals surface area contributed by atoms with E-state index in [0.29, 0.717) is 10.6 Å². The Labute approximate surface area is 158 Å². The van der Waals surface area contributed by atoms with Crippen LogP contribution in [-0.4, -0.2) is 43.5 Å². The van der Waals surface area contributed by atoms with E-state index in [-0.39, 0.29) is 10.9 Å². The van der Waals surface area contributed by atoms with Crippen LogP contribution in [0, 0.1) is 0 Å². The number of carbonyl (C=O) groups is 1. The Bertz CT molecular complexity index is 741. The highest BCUT2D eigenvalue weighted by molar-refractivity contribution is 6.44. The number of hydrogen-bond donors (Lipinski definition) is 1. The molecule has 0 spiro atoms. The van der Waals surface area contributed by atoms with Crippen LogP contribution in [0.4, 0.5) is 11.4 Å². The first-order chi connectivity index (χ1) is 12.1. The van der Waals surface area contributed by atoms with Gasteiger partial charge in [-0.2, -0.15) is 0 Å². The third-order valence-electron chi connectivity index (χ3n) is 4.51. The van der Waals surface area contributed by atoms with Gasteiger partial charge < -0.3 is 15.1 Å². The van der Waals surface area contributed by atoms with Crippen LogP contribution in [-0.2, 0) is 0 Å². The number of amides is 1. The summed E-state index contributed by atoms with van der Waals surface area (Å²) in [5.41, 5.74) is 2.28. The third-order valence-corrected chi connectivity index (χ3v) is 5.32.